The van der Waals surface area contributed by atoms with Gasteiger partial charge in [0, 0.05) is 29.4 Å². The van der Waals surface area contributed by atoms with Crippen molar-refractivity contribution < 1.29 is 0 Å². The predicted molar refractivity (Wildman–Crippen MR) is 85.4 cm³/mol. The molecule has 0 unspecified atom stereocenters. The van der Waals surface area contributed by atoms with Gasteiger partial charge in [-0.3, -0.25) is 9.97 Å². The lowest BCUT2D eigenvalue weighted by Gasteiger charge is -2.07. The standard InChI is InChI=1S/C17H9N5/c1-4-10-13(18-7-1)14-11(5-2-8-19-14)16-15(10)21-12-6-3-9-20-17(12)22-16/h1-9H. The highest BCUT2D eigenvalue weighted by Gasteiger charge is 2.13. The highest BCUT2D eigenvalue weighted by molar-refractivity contribution is 6.21. The first kappa shape index (κ1) is 11.4. The lowest BCUT2D eigenvalue weighted by Crippen LogP contribution is -1.94. The maximum atomic E-state index is 4.76. The number of hydrogen-bond donors (Lipinski definition) is 0. The summed E-state index contributed by atoms with van der Waals surface area (Å²) in [6, 6.07) is 11.6. The van der Waals surface area contributed by atoms with Crippen LogP contribution in [-0.2, 0) is 0 Å². The summed E-state index contributed by atoms with van der Waals surface area (Å²) < 4.78 is 0. The van der Waals surface area contributed by atoms with E-state index in [2.05, 4.69) is 15.0 Å². The van der Waals surface area contributed by atoms with E-state index < -0.39 is 0 Å². The Morgan fingerprint density at radius 2 is 1.14 bits per heavy atom. The second-order valence-electron chi connectivity index (χ2n) is 5.07. The third kappa shape index (κ3) is 1.45. The lowest BCUT2D eigenvalue weighted by atomic mass is 10.1. The van der Waals surface area contributed by atoms with Crippen LogP contribution in [0.15, 0.2) is 55.0 Å². The molecular weight excluding hydrogens is 274 g/mol. The van der Waals surface area contributed by atoms with Crippen LogP contribution in [0.2, 0.25) is 0 Å². The van der Waals surface area contributed by atoms with Crippen LogP contribution in [-0.4, -0.2) is 24.9 Å². The molecule has 4 heterocycles. The summed E-state index contributed by atoms with van der Waals surface area (Å²) in [6.45, 7) is 0. The zero-order valence-corrected chi connectivity index (χ0v) is 11.4. The zero-order chi connectivity index (χ0) is 14.5. The summed E-state index contributed by atoms with van der Waals surface area (Å²) in [6.07, 6.45) is 5.28. The maximum Gasteiger partial charge on any atom is 0.178 e. The van der Waals surface area contributed by atoms with E-state index in [1.807, 2.05) is 36.4 Å². The number of benzene rings is 1. The normalized spacial score (nSPS) is 11.6. The molecule has 0 aliphatic heterocycles. The molecule has 0 saturated heterocycles. The van der Waals surface area contributed by atoms with Gasteiger partial charge >= 0.3 is 0 Å². The van der Waals surface area contributed by atoms with Gasteiger partial charge in [0.2, 0.25) is 0 Å². The smallest absolute Gasteiger partial charge is 0.178 e. The van der Waals surface area contributed by atoms with Gasteiger partial charge in [0.05, 0.1) is 16.6 Å². The van der Waals surface area contributed by atoms with E-state index in [1.165, 1.54) is 0 Å². The monoisotopic (exact) mass is 283 g/mol. The third-order valence-corrected chi connectivity index (χ3v) is 3.79. The molecule has 22 heavy (non-hydrogen) atoms. The van der Waals surface area contributed by atoms with E-state index in [0.717, 1.165) is 38.4 Å². The van der Waals surface area contributed by atoms with E-state index in [9.17, 15) is 0 Å². The summed E-state index contributed by atoms with van der Waals surface area (Å²) in [5.41, 5.74) is 4.77. The highest BCUT2D eigenvalue weighted by atomic mass is 14.9. The van der Waals surface area contributed by atoms with Gasteiger partial charge in [-0.25, -0.2) is 15.0 Å². The Morgan fingerprint density at radius 1 is 0.545 bits per heavy atom. The molecule has 5 nitrogen and oxygen atoms in total. The highest BCUT2D eigenvalue weighted by Crippen LogP contribution is 2.31. The van der Waals surface area contributed by atoms with Crippen LogP contribution in [0.4, 0.5) is 0 Å². The zero-order valence-electron chi connectivity index (χ0n) is 11.4. The molecule has 102 valence electrons. The minimum Gasteiger partial charge on any atom is -0.254 e. The van der Waals surface area contributed by atoms with Crippen molar-refractivity contribution in [3.8, 4) is 0 Å². The van der Waals surface area contributed by atoms with Crippen LogP contribution in [0.25, 0.3) is 44.0 Å². The molecule has 5 heteroatoms. The molecule has 0 aliphatic rings. The minimum absolute atomic E-state index is 0.642. The summed E-state index contributed by atoms with van der Waals surface area (Å²) in [5.74, 6) is 0. The van der Waals surface area contributed by atoms with Crippen molar-refractivity contribution in [1.29, 1.82) is 0 Å². The Bertz CT molecular complexity index is 1090. The Hall–Kier alpha value is -3.21. The van der Waals surface area contributed by atoms with Crippen molar-refractivity contribution in [3.63, 3.8) is 0 Å². The van der Waals surface area contributed by atoms with Crippen molar-refractivity contribution in [2.24, 2.45) is 0 Å². The average Bonchev–Trinajstić information content (AvgIpc) is 2.61. The number of aromatic nitrogens is 5. The molecule has 0 saturated carbocycles. The Kier molecular flexibility index (Phi) is 2.16. The second kappa shape index (κ2) is 4.14. The fourth-order valence-electron chi connectivity index (χ4n) is 2.84. The first-order chi connectivity index (χ1) is 10.9. The molecule has 0 atom stereocenters. The van der Waals surface area contributed by atoms with Crippen molar-refractivity contribution in [2.45, 2.75) is 0 Å². The topological polar surface area (TPSA) is 64.5 Å². The maximum absolute atomic E-state index is 4.76. The SMILES string of the molecule is c1cnc2nc3c4cccnc4c4ncccc4c3nc2c1. The second-order valence-corrected chi connectivity index (χ2v) is 5.07. The fraction of sp³-hybridized carbons (Fsp3) is 0. The molecule has 0 amide bonds. The number of rotatable bonds is 0. The molecular formula is C17H9N5. The van der Waals surface area contributed by atoms with Crippen molar-refractivity contribution in [3.05, 3.63) is 55.0 Å². The van der Waals surface area contributed by atoms with E-state index in [-0.39, 0.29) is 0 Å². The van der Waals surface area contributed by atoms with Crippen molar-refractivity contribution >= 4 is 44.0 Å². The van der Waals surface area contributed by atoms with E-state index in [4.69, 9.17) is 9.97 Å². The van der Waals surface area contributed by atoms with Gasteiger partial charge in [-0.2, -0.15) is 0 Å². The van der Waals surface area contributed by atoms with E-state index in [1.54, 1.807) is 18.6 Å². The molecule has 0 spiro atoms. The molecule has 1 aromatic carbocycles. The van der Waals surface area contributed by atoms with Crippen LogP contribution in [0.3, 0.4) is 0 Å². The van der Waals surface area contributed by atoms with Gasteiger partial charge in [0.1, 0.15) is 11.0 Å². The minimum atomic E-state index is 0.642. The Labute approximate surface area is 124 Å². The van der Waals surface area contributed by atoms with Crippen LogP contribution >= 0.6 is 0 Å². The number of nitrogens with zero attached hydrogens (tertiary/aromatic N) is 5. The predicted octanol–water partition coefficient (Wildman–Crippen LogP) is 3.27. The quantitative estimate of drug-likeness (QED) is 0.322. The summed E-state index contributed by atoms with van der Waals surface area (Å²) >= 11 is 0. The molecule has 0 bridgehead atoms. The van der Waals surface area contributed by atoms with Crippen molar-refractivity contribution in [2.75, 3.05) is 0 Å². The van der Waals surface area contributed by atoms with E-state index >= 15 is 0 Å². The number of fused-ring (bicyclic) bond motifs is 7. The summed E-state index contributed by atoms with van der Waals surface area (Å²) in [5, 5.41) is 1.91. The van der Waals surface area contributed by atoms with Gasteiger partial charge in [-0.05, 0) is 36.4 Å². The van der Waals surface area contributed by atoms with Crippen molar-refractivity contribution in [1.82, 2.24) is 24.9 Å². The molecule has 5 aromatic rings. The Morgan fingerprint density at radius 3 is 1.86 bits per heavy atom. The molecule has 5 rings (SSSR count). The van der Waals surface area contributed by atoms with Crippen LogP contribution < -0.4 is 0 Å². The summed E-state index contributed by atoms with van der Waals surface area (Å²) in [7, 11) is 0. The molecule has 0 fully saturated rings. The van der Waals surface area contributed by atoms with Gasteiger partial charge in [0.15, 0.2) is 5.65 Å². The van der Waals surface area contributed by atoms with Crippen LogP contribution in [0, 0.1) is 0 Å². The van der Waals surface area contributed by atoms with E-state index in [0.29, 0.717) is 5.65 Å². The molecule has 0 radical (unpaired) electrons. The van der Waals surface area contributed by atoms with Gasteiger partial charge in [-0.1, -0.05) is 0 Å². The lowest BCUT2D eigenvalue weighted by molar-refractivity contribution is 1.29. The Balaban J connectivity index is 2.17. The number of hydrogen-bond acceptors (Lipinski definition) is 5. The largest absolute Gasteiger partial charge is 0.254 e. The summed E-state index contributed by atoms with van der Waals surface area (Å²) in [4.78, 5) is 22.8. The van der Waals surface area contributed by atoms with Crippen LogP contribution in [0.5, 0.6) is 0 Å². The molecule has 4 aromatic heterocycles. The van der Waals surface area contributed by atoms with Gasteiger partial charge in [-0.15, -0.1) is 0 Å². The van der Waals surface area contributed by atoms with Gasteiger partial charge < -0.3 is 0 Å². The number of pyridine rings is 3. The van der Waals surface area contributed by atoms with Crippen LogP contribution in [0.1, 0.15) is 0 Å². The first-order valence-corrected chi connectivity index (χ1v) is 6.96. The fourth-order valence-corrected chi connectivity index (χ4v) is 2.84. The molecule has 0 aliphatic carbocycles. The molecule has 0 N–H and O–H groups in total. The van der Waals surface area contributed by atoms with Gasteiger partial charge in [0.25, 0.3) is 0 Å². The third-order valence-electron chi connectivity index (χ3n) is 3.79. The average molecular weight is 283 g/mol. The first-order valence-electron chi connectivity index (χ1n) is 6.96.